The van der Waals surface area contributed by atoms with E-state index >= 15 is 0 Å². The molecular formula is C20H21N3O4S. The van der Waals surface area contributed by atoms with E-state index in [0.717, 1.165) is 36.9 Å². The largest absolute Gasteiger partial charge is 0.497 e. The molecule has 1 N–H and O–H groups in total. The molecular weight excluding hydrogens is 378 g/mol. The fraction of sp³-hybridized carbons (Fsp3) is 0.350. The second-order valence-corrected chi connectivity index (χ2v) is 7.70. The first-order valence-corrected chi connectivity index (χ1v) is 9.95. The van der Waals surface area contributed by atoms with Crippen LogP contribution >= 0.6 is 11.3 Å². The van der Waals surface area contributed by atoms with Gasteiger partial charge < -0.3 is 14.8 Å². The second kappa shape index (κ2) is 7.63. The summed E-state index contributed by atoms with van der Waals surface area (Å²) < 4.78 is 12.2. The predicted molar refractivity (Wildman–Crippen MR) is 107 cm³/mol. The third-order valence-corrected chi connectivity index (χ3v) is 6.13. The van der Waals surface area contributed by atoms with Crippen molar-refractivity contribution < 1.29 is 14.3 Å². The zero-order valence-electron chi connectivity index (χ0n) is 15.8. The van der Waals surface area contributed by atoms with Crippen molar-refractivity contribution in [3.8, 4) is 11.5 Å². The molecule has 0 atom stereocenters. The molecule has 1 aliphatic carbocycles. The van der Waals surface area contributed by atoms with Crippen molar-refractivity contribution in [1.82, 2.24) is 14.7 Å². The number of fused-ring (bicyclic) bond motifs is 3. The third-order valence-electron chi connectivity index (χ3n) is 4.97. The van der Waals surface area contributed by atoms with Crippen molar-refractivity contribution in [2.75, 3.05) is 14.2 Å². The second-order valence-electron chi connectivity index (χ2n) is 6.63. The van der Waals surface area contributed by atoms with Gasteiger partial charge in [0.25, 0.3) is 11.5 Å². The van der Waals surface area contributed by atoms with Crippen molar-refractivity contribution in [3.63, 3.8) is 0 Å². The summed E-state index contributed by atoms with van der Waals surface area (Å²) in [6, 6.07) is 5.36. The van der Waals surface area contributed by atoms with Gasteiger partial charge in [-0.25, -0.2) is 4.98 Å². The molecule has 0 saturated carbocycles. The Balaban J connectivity index is 1.61. The smallest absolute Gasteiger partial charge is 0.271 e. The van der Waals surface area contributed by atoms with Crippen LogP contribution in [0.25, 0.3) is 4.96 Å². The van der Waals surface area contributed by atoms with Gasteiger partial charge >= 0.3 is 0 Å². The molecule has 0 spiro atoms. The van der Waals surface area contributed by atoms with Gasteiger partial charge in [0, 0.05) is 28.9 Å². The number of ether oxygens (including phenoxy) is 2. The maximum absolute atomic E-state index is 13.0. The minimum atomic E-state index is -0.451. The van der Waals surface area contributed by atoms with Crippen molar-refractivity contribution in [2.45, 2.75) is 32.2 Å². The van der Waals surface area contributed by atoms with Gasteiger partial charge in [0.1, 0.15) is 17.1 Å². The van der Waals surface area contributed by atoms with Crippen LogP contribution in [0.3, 0.4) is 0 Å². The first kappa shape index (κ1) is 18.5. The molecule has 4 rings (SSSR count). The highest BCUT2D eigenvalue weighted by atomic mass is 32.1. The van der Waals surface area contributed by atoms with E-state index in [1.807, 2.05) is 0 Å². The number of nitrogens with zero attached hydrogens (tertiary/aromatic N) is 2. The van der Waals surface area contributed by atoms with E-state index in [4.69, 9.17) is 9.47 Å². The lowest BCUT2D eigenvalue weighted by Crippen LogP contribution is -2.31. The molecule has 1 amide bonds. The molecule has 7 nitrogen and oxygen atoms in total. The average molecular weight is 399 g/mol. The topological polar surface area (TPSA) is 81.9 Å². The molecule has 3 aromatic rings. The Hall–Kier alpha value is -2.87. The number of carbonyl (C=O) groups is 1. The first-order valence-electron chi connectivity index (χ1n) is 9.13. The molecule has 28 heavy (non-hydrogen) atoms. The van der Waals surface area contributed by atoms with Crippen LogP contribution in [-0.2, 0) is 19.4 Å². The van der Waals surface area contributed by atoms with Crippen LogP contribution in [-0.4, -0.2) is 29.5 Å². The molecule has 2 aromatic heterocycles. The summed E-state index contributed by atoms with van der Waals surface area (Å²) in [5.74, 6) is 0.851. The molecule has 0 radical (unpaired) electrons. The SMILES string of the molecule is COc1ccc(OC)c(CNC(=O)c2cnc3sc4c(n3c2=O)CCCC4)c1. The first-order chi connectivity index (χ1) is 13.6. The average Bonchev–Trinajstić information content (AvgIpc) is 3.11. The Labute approximate surface area is 165 Å². The van der Waals surface area contributed by atoms with E-state index in [0.29, 0.717) is 16.5 Å². The Morgan fingerprint density at radius 2 is 2.07 bits per heavy atom. The number of nitrogens with one attached hydrogen (secondary N) is 1. The van der Waals surface area contributed by atoms with Crippen molar-refractivity contribution >= 4 is 22.2 Å². The van der Waals surface area contributed by atoms with Crippen molar-refractivity contribution in [2.24, 2.45) is 0 Å². The van der Waals surface area contributed by atoms with Crippen molar-refractivity contribution in [3.05, 3.63) is 56.4 Å². The molecule has 0 saturated heterocycles. The maximum atomic E-state index is 13.0. The highest BCUT2D eigenvalue weighted by Crippen LogP contribution is 2.28. The van der Waals surface area contributed by atoms with Gasteiger partial charge in [-0.05, 0) is 43.9 Å². The summed E-state index contributed by atoms with van der Waals surface area (Å²) in [6.45, 7) is 0.211. The number of methoxy groups -OCH3 is 2. The Morgan fingerprint density at radius 3 is 2.86 bits per heavy atom. The van der Waals surface area contributed by atoms with Gasteiger partial charge in [-0.2, -0.15) is 0 Å². The summed E-state index contributed by atoms with van der Waals surface area (Å²) in [6.07, 6.45) is 5.38. The van der Waals surface area contributed by atoms with E-state index in [2.05, 4.69) is 10.3 Å². The van der Waals surface area contributed by atoms with Gasteiger partial charge in [0.15, 0.2) is 4.96 Å². The predicted octanol–water partition coefficient (Wildman–Crippen LogP) is 2.58. The van der Waals surface area contributed by atoms with Gasteiger partial charge in [-0.3, -0.25) is 14.0 Å². The molecule has 8 heteroatoms. The number of benzene rings is 1. The van der Waals surface area contributed by atoms with Crippen LogP contribution in [0.1, 0.15) is 39.3 Å². The van der Waals surface area contributed by atoms with Crippen LogP contribution in [0, 0.1) is 0 Å². The molecule has 0 aliphatic heterocycles. The zero-order chi connectivity index (χ0) is 19.7. The fourth-order valence-electron chi connectivity index (χ4n) is 3.51. The van der Waals surface area contributed by atoms with Crippen LogP contribution in [0.15, 0.2) is 29.2 Å². The van der Waals surface area contributed by atoms with E-state index in [9.17, 15) is 9.59 Å². The molecule has 1 aromatic carbocycles. The number of amides is 1. The van der Waals surface area contributed by atoms with Crippen LogP contribution in [0.4, 0.5) is 0 Å². The van der Waals surface area contributed by atoms with E-state index in [1.54, 1.807) is 48.2 Å². The van der Waals surface area contributed by atoms with Gasteiger partial charge in [-0.1, -0.05) is 0 Å². The third kappa shape index (κ3) is 3.24. The zero-order valence-corrected chi connectivity index (χ0v) is 16.6. The summed E-state index contributed by atoms with van der Waals surface area (Å²) in [5.41, 5.74) is 1.51. The lowest BCUT2D eigenvalue weighted by molar-refractivity contribution is 0.0948. The van der Waals surface area contributed by atoms with E-state index < -0.39 is 5.91 Å². The molecule has 0 fully saturated rings. The summed E-state index contributed by atoms with van der Waals surface area (Å²) in [7, 11) is 3.14. The number of hydrogen-bond acceptors (Lipinski definition) is 6. The quantitative estimate of drug-likeness (QED) is 0.713. The van der Waals surface area contributed by atoms with Gasteiger partial charge in [0.2, 0.25) is 0 Å². The Morgan fingerprint density at radius 1 is 1.25 bits per heavy atom. The molecule has 1 aliphatic rings. The number of rotatable bonds is 5. The van der Waals surface area contributed by atoms with Gasteiger partial charge in [-0.15, -0.1) is 11.3 Å². The summed E-state index contributed by atoms with van der Waals surface area (Å²) in [5, 5.41) is 2.79. The molecule has 0 bridgehead atoms. The minimum Gasteiger partial charge on any atom is -0.497 e. The highest BCUT2D eigenvalue weighted by molar-refractivity contribution is 7.17. The lowest BCUT2D eigenvalue weighted by Gasteiger charge is -2.12. The molecule has 2 heterocycles. The van der Waals surface area contributed by atoms with Crippen molar-refractivity contribution in [1.29, 1.82) is 0 Å². The summed E-state index contributed by atoms with van der Waals surface area (Å²) >= 11 is 1.54. The number of thiazole rings is 1. The van der Waals surface area contributed by atoms with E-state index in [-0.39, 0.29) is 17.7 Å². The highest BCUT2D eigenvalue weighted by Gasteiger charge is 2.21. The number of aromatic nitrogens is 2. The number of aryl methyl sites for hydroxylation is 2. The monoisotopic (exact) mass is 399 g/mol. The van der Waals surface area contributed by atoms with Gasteiger partial charge in [0.05, 0.1) is 14.2 Å². The summed E-state index contributed by atoms with van der Waals surface area (Å²) in [4.78, 5) is 31.9. The molecule has 0 unspecified atom stereocenters. The standard InChI is InChI=1S/C20H21N3O4S/c1-26-13-7-8-16(27-2)12(9-13)10-21-18(24)14-11-22-20-23(19(14)25)15-5-3-4-6-17(15)28-20/h7-9,11H,3-6,10H2,1-2H3,(H,21,24). The molecule has 146 valence electrons. The number of hydrogen-bond donors (Lipinski definition) is 1. The fourth-order valence-corrected chi connectivity index (χ4v) is 4.68. The number of carbonyl (C=O) groups excluding carboxylic acids is 1. The van der Waals surface area contributed by atoms with Crippen LogP contribution in [0.5, 0.6) is 11.5 Å². The minimum absolute atomic E-state index is 0.0468. The Bertz CT molecular complexity index is 1100. The maximum Gasteiger partial charge on any atom is 0.271 e. The van der Waals surface area contributed by atoms with E-state index in [1.165, 1.54) is 11.1 Å². The normalized spacial score (nSPS) is 13.2. The lowest BCUT2D eigenvalue weighted by atomic mass is 10.0. The van der Waals surface area contributed by atoms with Crippen LogP contribution in [0.2, 0.25) is 0 Å². The van der Waals surface area contributed by atoms with Crippen LogP contribution < -0.4 is 20.3 Å². The Kier molecular flexibility index (Phi) is 5.04.